The van der Waals surface area contributed by atoms with E-state index in [0.29, 0.717) is 25.1 Å². The number of fused-ring (bicyclic) bond motifs is 2. The molecule has 0 radical (unpaired) electrons. The Morgan fingerprint density at radius 2 is 1.94 bits per heavy atom. The monoisotopic (exact) mass is 475 g/mol. The van der Waals surface area contributed by atoms with E-state index in [0.717, 1.165) is 62.4 Å². The average Bonchev–Trinajstić information content (AvgIpc) is 3.33. The van der Waals surface area contributed by atoms with Crippen molar-refractivity contribution in [1.82, 2.24) is 9.55 Å². The molecule has 1 saturated carbocycles. The van der Waals surface area contributed by atoms with Crippen molar-refractivity contribution in [1.29, 1.82) is 5.41 Å². The van der Waals surface area contributed by atoms with Crippen LogP contribution in [0.2, 0.25) is 0 Å². The van der Waals surface area contributed by atoms with Crippen molar-refractivity contribution in [2.45, 2.75) is 65.3 Å². The summed E-state index contributed by atoms with van der Waals surface area (Å²) in [5.74, 6) is -0.775. The molecule has 4 nitrogen and oxygen atoms in total. The number of aromatic nitrogens is 2. The Morgan fingerprint density at radius 1 is 1.20 bits per heavy atom. The van der Waals surface area contributed by atoms with Crippen LogP contribution in [0.15, 0.2) is 54.6 Å². The summed E-state index contributed by atoms with van der Waals surface area (Å²) in [5.41, 5.74) is 8.27. The molecule has 1 N–H and O–H groups in total. The van der Waals surface area contributed by atoms with Gasteiger partial charge in [0.1, 0.15) is 11.5 Å². The summed E-state index contributed by atoms with van der Waals surface area (Å²) in [5, 5.41) is 8.27. The lowest BCUT2D eigenvalue weighted by Crippen LogP contribution is -2.26. The molecule has 182 valence electrons. The molecule has 5 rings (SSSR count). The molecule has 0 bridgehead atoms. The number of rotatable bonds is 5. The normalized spacial score (nSPS) is 17.3. The van der Waals surface area contributed by atoms with E-state index in [1.807, 2.05) is 26.1 Å². The molecular formula is C29H31F2N3O. The number of hydrogen-bond donors (Lipinski definition) is 1. The molecule has 1 aromatic carbocycles. The fourth-order valence-corrected chi connectivity index (χ4v) is 5.47. The first-order valence-corrected chi connectivity index (χ1v) is 12.2. The molecule has 1 fully saturated rings. The van der Waals surface area contributed by atoms with Gasteiger partial charge in [-0.05, 0) is 57.2 Å². The van der Waals surface area contributed by atoms with E-state index in [2.05, 4.69) is 35.5 Å². The lowest BCUT2D eigenvalue weighted by molar-refractivity contribution is -0.0472. The van der Waals surface area contributed by atoms with Crippen LogP contribution in [-0.4, -0.2) is 21.2 Å². The van der Waals surface area contributed by atoms with Gasteiger partial charge in [0.05, 0.1) is 11.0 Å². The Hall–Kier alpha value is -3.28. The van der Waals surface area contributed by atoms with E-state index in [1.165, 1.54) is 0 Å². The minimum Gasteiger partial charge on any atom is -0.462 e. The van der Waals surface area contributed by atoms with Crippen molar-refractivity contribution in [2.24, 2.45) is 5.92 Å². The predicted molar refractivity (Wildman–Crippen MR) is 137 cm³/mol. The van der Waals surface area contributed by atoms with Crippen LogP contribution >= 0.6 is 0 Å². The molecule has 0 spiro atoms. The number of benzene rings is 1. The van der Waals surface area contributed by atoms with Gasteiger partial charge < -0.3 is 14.7 Å². The summed E-state index contributed by atoms with van der Waals surface area (Å²) in [6.07, 6.45) is 5.59. The van der Waals surface area contributed by atoms with Gasteiger partial charge in [0.15, 0.2) is 0 Å². The molecule has 2 aromatic heterocycles. The van der Waals surface area contributed by atoms with E-state index in [1.54, 1.807) is 6.92 Å². The van der Waals surface area contributed by atoms with Crippen LogP contribution in [0.25, 0.3) is 27.7 Å². The molecular weight excluding hydrogens is 444 g/mol. The number of nitrogens with one attached hydrogen (secondary N) is 1. The zero-order valence-electron chi connectivity index (χ0n) is 20.5. The molecule has 35 heavy (non-hydrogen) atoms. The smallest absolute Gasteiger partial charge is 0.248 e. The maximum atomic E-state index is 13.8. The molecule has 0 unspecified atom stereocenters. The van der Waals surface area contributed by atoms with Crippen molar-refractivity contribution in [3.05, 3.63) is 65.7 Å². The van der Waals surface area contributed by atoms with Gasteiger partial charge >= 0.3 is 0 Å². The van der Waals surface area contributed by atoms with Gasteiger partial charge in [0.25, 0.3) is 0 Å². The number of nitrogens with zero attached hydrogens (tertiary/aromatic N) is 2. The average molecular weight is 476 g/mol. The molecule has 0 saturated heterocycles. The van der Waals surface area contributed by atoms with E-state index in [9.17, 15) is 8.78 Å². The maximum Gasteiger partial charge on any atom is 0.248 e. The Balaban J connectivity index is 1.60. The molecule has 0 amide bonds. The number of pyridine rings is 1. The van der Waals surface area contributed by atoms with Crippen molar-refractivity contribution in [3.63, 3.8) is 0 Å². The summed E-state index contributed by atoms with van der Waals surface area (Å²) in [7, 11) is 0. The minimum absolute atomic E-state index is 0.0474. The van der Waals surface area contributed by atoms with Gasteiger partial charge in [0, 0.05) is 66.2 Å². The fourth-order valence-electron chi connectivity index (χ4n) is 5.47. The first kappa shape index (κ1) is 23.5. The molecule has 1 aliphatic carbocycles. The van der Waals surface area contributed by atoms with Crippen LogP contribution in [0.3, 0.4) is 0 Å². The summed E-state index contributed by atoms with van der Waals surface area (Å²) < 4.78 is 35.5. The highest BCUT2D eigenvalue weighted by Gasteiger charge is 2.35. The van der Waals surface area contributed by atoms with Crippen molar-refractivity contribution >= 4 is 22.3 Å². The topological polar surface area (TPSA) is 50.9 Å². The minimum atomic E-state index is -2.54. The molecule has 0 atom stereocenters. The summed E-state index contributed by atoms with van der Waals surface area (Å²) in [4.78, 5) is 4.86. The van der Waals surface area contributed by atoms with Gasteiger partial charge in [-0.15, -0.1) is 0 Å². The van der Waals surface area contributed by atoms with Crippen molar-refractivity contribution in [3.8, 4) is 16.9 Å². The van der Waals surface area contributed by atoms with Gasteiger partial charge in [-0.2, -0.15) is 0 Å². The Kier molecular flexibility index (Phi) is 5.86. The second kappa shape index (κ2) is 8.74. The van der Waals surface area contributed by atoms with E-state index < -0.39 is 5.92 Å². The first-order chi connectivity index (χ1) is 16.6. The molecule has 6 heteroatoms. The van der Waals surface area contributed by atoms with Gasteiger partial charge in [0.2, 0.25) is 5.92 Å². The molecule has 1 aliphatic heterocycles. The Bertz CT molecular complexity index is 1370. The van der Waals surface area contributed by atoms with E-state index >= 15 is 0 Å². The maximum absolute atomic E-state index is 13.8. The standard InChI is InChI=1S/C29H31F2N3O/c1-17(2)27(19(4)32)23-12-25-28(33-14-23)24(21-5-6-22-11-18(3)35-26(22)13-21)16-34(25)15-20-7-9-29(30,31)10-8-20/h5-6,12-14,16,20,32H,3,7-11,15H2,1-2,4H3. The quantitative estimate of drug-likeness (QED) is 0.383. The SMILES string of the molecule is C=C1Cc2ccc(-c3cn(CC4CCC(F)(F)CC4)c4cc(C(C(C)=N)=C(C)C)cnc34)cc2O1. The zero-order valence-corrected chi connectivity index (χ0v) is 20.5. The number of halogens is 2. The van der Waals surface area contributed by atoms with E-state index in [-0.39, 0.29) is 18.8 Å². The predicted octanol–water partition coefficient (Wildman–Crippen LogP) is 7.81. The lowest BCUT2D eigenvalue weighted by atomic mass is 9.87. The largest absolute Gasteiger partial charge is 0.462 e. The third-order valence-corrected chi connectivity index (χ3v) is 7.19. The lowest BCUT2D eigenvalue weighted by Gasteiger charge is -2.28. The first-order valence-electron chi connectivity index (χ1n) is 12.2. The van der Waals surface area contributed by atoms with Crippen LogP contribution < -0.4 is 4.74 Å². The van der Waals surface area contributed by atoms with Gasteiger partial charge in [-0.25, -0.2) is 8.78 Å². The van der Waals surface area contributed by atoms with Gasteiger partial charge in [-0.1, -0.05) is 24.3 Å². The Morgan fingerprint density at radius 3 is 2.63 bits per heavy atom. The second-order valence-corrected chi connectivity index (χ2v) is 10.2. The highest BCUT2D eigenvalue weighted by Crippen LogP contribution is 2.40. The molecule has 3 heterocycles. The number of alkyl halides is 2. The third-order valence-electron chi connectivity index (χ3n) is 7.19. The summed E-state index contributed by atoms with van der Waals surface area (Å²) in [6.45, 7) is 10.4. The Labute approximate surface area is 204 Å². The highest BCUT2D eigenvalue weighted by molar-refractivity contribution is 6.22. The molecule has 2 aliphatic rings. The molecule has 3 aromatic rings. The zero-order chi connectivity index (χ0) is 24.9. The van der Waals surface area contributed by atoms with Crippen LogP contribution in [0.5, 0.6) is 5.75 Å². The number of allylic oxidation sites excluding steroid dienone is 3. The summed E-state index contributed by atoms with van der Waals surface area (Å²) >= 11 is 0. The number of hydrogen-bond acceptors (Lipinski definition) is 3. The fraction of sp³-hybridized carbons (Fsp3) is 0.379. The van der Waals surface area contributed by atoms with Crippen molar-refractivity contribution in [2.75, 3.05) is 0 Å². The second-order valence-electron chi connectivity index (χ2n) is 10.2. The van der Waals surface area contributed by atoms with Crippen LogP contribution in [0.4, 0.5) is 8.78 Å². The van der Waals surface area contributed by atoms with E-state index in [4.69, 9.17) is 15.1 Å². The number of ether oxygens (including phenoxy) is 1. The summed E-state index contributed by atoms with van der Waals surface area (Å²) in [6, 6.07) is 8.28. The highest BCUT2D eigenvalue weighted by atomic mass is 19.3. The van der Waals surface area contributed by atoms with Crippen LogP contribution in [-0.2, 0) is 13.0 Å². The van der Waals surface area contributed by atoms with Crippen LogP contribution in [0, 0.1) is 11.3 Å². The van der Waals surface area contributed by atoms with Gasteiger partial charge in [-0.3, -0.25) is 4.98 Å². The third kappa shape index (κ3) is 4.54. The van der Waals surface area contributed by atoms with Crippen molar-refractivity contribution < 1.29 is 13.5 Å². The van der Waals surface area contributed by atoms with Crippen LogP contribution in [0.1, 0.15) is 57.6 Å².